The number of imidazole rings is 1. The Labute approximate surface area is 77.6 Å². The first kappa shape index (κ1) is 8.72. The molecule has 4 heteroatoms. The standard InChI is InChI=1S/C9H15N3O/c1-12-5-7(11-6-12)9-8(13)3-2-4-10-9/h5-6,8-10,13H,2-4H2,1H3. The van der Waals surface area contributed by atoms with Crippen LogP contribution in [0.1, 0.15) is 24.6 Å². The monoisotopic (exact) mass is 181 g/mol. The van der Waals surface area contributed by atoms with E-state index >= 15 is 0 Å². The molecule has 4 nitrogen and oxygen atoms in total. The average Bonchev–Trinajstić information content (AvgIpc) is 2.53. The summed E-state index contributed by atoms with van der Waals surface area (Å²) in [6.07, 6.45) is 5.34. The Hall–Kier alpha value is -0.870. The highest BCUT2D eigenvalue weighted by molar-refractivity contribution is 5.07. The molecule has 2 rings (SSSR count). The molecular weight excluding hydrogens is 166 g/mol. The van der Waals surface area contributed by atoms with Crippen molar-refractivity contribution in [2.45, 2.75) is 25.0 Å². The zero-order valence-corrected chi connectivity index (χ0v) is 7.77. The summed E-state index contributed by atoms with van der Waals surface area (Å²) < 4.78 is 1.90. The lowest BCUT2D eigenvalue weighted by Crippen LogP contribution is -2.37. The van der Waals surface area contributed by atoms with Gasteiger partial charge in [-0.1, -0.05) is 0 Å². The van der Waals surface area contributed by atoms with Crippen LogP contribution in [0.4, 0.5) is 0 Å². The van der Waals surface area contributed by atoms with Crippen LogP contribution >= 0.6 is 0 Å². The molecule has 0 saturated carbocycles. The molecule has 0 amide bonds. The van der Waals surface area contributed by atoms with Gasteiger partial charge in [0.25, 0.3) is 0 Å². The number of aliphatic hydroxyl groups excluding tert-OH is 1. The van der Waals surface area contributed by atoms with Gasteiger partial charge in [0.05, 0.1) is 24.2 Å². The van der Waals surface area contributed by atoms with Crippen LogP contribution in [0.25, 0.3) is 0 Å². The van der Waals surface area contributed by atoms with Crippen molar-refractivity contribution in [2.24, 2.45) is 7.05 Å². The van der Waals surface area contributed by atoms with E-state index in [1.54, 1.807) is 6.33 Å². The lowest BCUT2D eigenvalue weighted by molar-refractivity contribution is 0.0949. The largest absolute Gasteiger partial charge is 0.391 e. The van der Waals surface area contributed by atoms with E-state index < -0.39 is 0 Å². The van der Waals surface area contributed by atoms with E-state index in [1.807, 2.05) is 17.8 Å². The molecule has 1 aromatic rings. The molecule has 0 aromatic carbocycles. The molecule has 2 heterocycles. The third-order valence-corrected chi connectivity index (χ3v) is 2.47. The summed E-state index contributed by atoms with van der Waals surface area (Å²) in [5.41, 5.74) is 0.940. The number of nitrogens with zero attached hydrogens (tertiary/aromatic N) is 2. The van der Waals surface area contributed by atoms with E-state index in [9.17, 15) is 5.11 Å². The first-order chi connectivity index (χ1) is 6.27. The Morgan fingerprint density at radius 2 is 2.54 bits per heavy atom. The van der Waals surface area contributed by atoms with Crippen molar-refractivity contribution in [3.63, 3.8) is 0 Å². The summed E-state index contributed by atoms with van der Waals surface area (Å²) in [4.78, 5) is 4.23. The molecule has 1 saturated heterocycles. The molecule has 0 bridgehead atoms. The van der Waals surface area contributed by atoms with Crippen molar-refractivity contribution in [1.29, 1.82) is 0 Å². The van der Waals surface area contributed by atoms with Gasteiger partial charge in [0.2, 0.25) is 0 Å². The average molecular weight is 181 g/mol. The normalized spacial score (nSPS) is 29.1. The lowest BCUT2D eigenvalue weighted by atomic mass is 9.99. The fourth-order valence-corrected chi connectivity index (χ4v) is 1.77. The maximum atomic E-state index is 9.72. The molecule has 1 aliphatic heterocycles. The molecule has 13 heavy (non-hydrogen) atoms. The van der Waals surface area contributed by atoms with Gasteiger partial charge >= 0.3 is 0 Å². The summed E-state index contributed by atoms with van der Waals surface area (Å²) in [5.74, 6) is 0. The van der Waals surface area contributed by atoms with Crippen LogP contribution < -0.4 is 5.32 Å². The number of hydrogen-bond donors (Lipinski definition) is 2. The molecule has 0 radical (unpaired) electrons. The molecule has 2 N–H and O–H groups in total. The molecule has 2 unspecified atom stereocenters. The van der Waals surface area contributed by atoms with Gasteiger partial charge < -0.3 is 15.0 Å². The minimum absolute atomic E-state index is 0.0231. The van der Waals surface area contributed by atoms with Crippen molar-refractivity contribution in [2.75, 3.05) is 6.54 Å². The van der Waals surface area contributed by atoms with Gasteiger partial charge in [-0.2, -0.15) is 0 Å². The van der Waals surface area contributed by atoms with Crippen molar-refractivity contribution in [3.05, 3.63) is 18.2 Å². The smallest absolute Gasteiger partial charge is 0.0947 e. The van der Waals surface area contributed by atoms with Crippen LogP contribution in [0.15, 0.2) is 12.5 Å². The molecule has 1 aromatic heterocycles. The molecule has 0 spiro atoms. The van der Waals surface area contributed by atoms with Gasteiger partial charge in [-0.05, 0) is 19.4 Å². The third kappa shape index (κ3) is 1.73. The maximum absolute atomic E-state index is 9.72. The second-order valence-corrected chi connectivity index (χ2v) is 3.61. The summed E-state index contributed by atoms with van der Waals surface area (Å²) in [7, 11) is 1.94. The van der Waals surface area contributed by atoms with Crippen molar-refractivity contribution < 1.29 is 5.11 Å². The van der Waals surface area contributed by atoms with Crippen molar-refractivity contribution in [3.8, 4) is 0 Å². The number of hydrogen-bond acceptors (Lipinski definition) is 3. The highest BCUT2D eigenvalue weighted by Crippen LogP contribution is 2.21. The van der Waals surface area contributed by atoms with Crippen LogP contribution in [0, 0.1) is 0 Å². The van der Waals surface area contributed by atoms with E-state index in [0.717, 1.165) is 25.1 Å². The zero-order valence-electron chi connectivity index (χ0n) is 7.77. The number of aromatic nitrogens is 2. The van der Waals surface area contributed by atoms with Gasteiger partial charge in [-0.25, -0.2) is 4.98 Å². The molecule has 72 valence electrons. The fourth-order valence-electron chi connectivity index (χ4n) is 1.77. The predicted molar refractivity (Wildman–Crippen MR) is 49.2 cm³/mol. The van der Waals surface area contributed by atoms with Gasteiger partial charge in [0.15, 0.2) is 0 Å². The topological polar surface area (TPSA) is 50.1 Å². The Balaban J connectivity index is 2.14. The first-order valence-electron chi connectivity index (χ1n) is 4.66. The van der Waals surface area contributed by atoms with Crippen LogP contribution in [0.3, 0.4) is 0 Å². The first-order valence-corrected chi connectivity index (χ1v) is 4.66. The summed E-state index contributed by atoms with van der Waals surface area (Å²) >= 11 is 0. The molecule has 1 fully saturated rings. The SMILES string of the molecule is Cn1cnc(C2NCCCC2O)c1. The summed E-state index contributed by atoms with van der Waals surface area (Å²) in [6, 6.07) is 0.0231. The Bertz CT molecular complexity index is 284. The molecule has 0 aliphatic carbocycles. The maximum Gasteiger partial charge on any atom is 0.0947 e. The zero-order chi connectivity index (χ0) is 9.26. The van der Waals surface area contributed by atoms with E-state index in [-0.39, 0.29) is 12.1 Å². The van der Waals surface area contributed by atoms with Gasteiger partial charge in [-0.3, -0.25) is 0 Å². The Morgan fingerprint density at radius 3 is 3.15 bits per heavy atom. The minimum atomic E-state index is -0.288. The van der Waals surface area contributed by atoms with E-state index in [2.05, 4.69) is 10.3 Å². The van der Waals surface area contributed by atoms with E-state index in [1.165, 1.54) is 0 Å². The fraction of sp³-hybridized carbons (Fsp3) is 0.667. The van der Waals surface area contributed by atoms with Gasteiger partial charge in [-0.15, -0.1) is 0 Å². The van der Waals surface area contributed by atoms with E-state index in [0.29, 0.717) is 0 Å². The number of aryl methyl sites for hydroxylation is 1. The Kier molecular flexibility index (Phi) is 2.33. The predicted octanol–water partition coefficient (Wildman–Crippen LogP) is 0.205. The van der Waals surface area contributed by atoms with Crippen LogP contribution in [0.5, 0.6) is 0 Å². The second-order valence-electron chi connectivity index (χ2n) is 3.61. The Morgan fingerprint density at radius 1 is 1.69 bits per heavy atom. The molecule has 2 atom stereocenters. The van der Waals surface area contributed by atoms with Gasteiger partial charge in [0, 0.05) is 13.2 Å². The van der Waals surface area contributed by atoms with E-state index in [4.69, 9.17) is 0 Å². The third-order valence-electron chi connectivity index (χ3n) is 2.47. The number of rotatable bonds is 1. The number of piperidine rings is 1. The van der Waals surface area contributed by atoms with Crippen LogP contribution in [-0.4, -0.2) is 27.3 Å². The summed E-state index contributed by atoms with van der Waals surface area (Å²) in [6.45, 7) is 0.971. The molecular formula is C9H15N3O. The number of aliphatic hydroxyl groups is 1. The highest BCUT2D eigenvalue weighted by Gasteiger charge is 2.25. The van der Waals surface area contributed by atoms with Crippen LogP contribution in [-0.2, 0) is 7.05 Å². The van der Waals surface area contributed by atoms with Crippen LogP contribution in [0.2, 0.25) is 0 Å². The number of nitrogens with one attached hydrogen (secondary N) is 1. The quantitative estimate of drug-likeness (QED) is 0.651. The second kappa shape index (κ2) is 3.47. The lowest BCUT2D eigenvalue weighted by Gasteiger charge is -2.27. The minimum Gasteiger partial charge on any atom is -0.391 e. The highest BCUT2D eigenvalue weighted by atomic mass is 16.3. The van der Waals surface area contributed by atoms with Gasteiger partial charge in [0.1, 0.15) is 0 Å². The summed E-state index contributed by atoms with van der Waals surface area (Å²) in [5, 5.41) is 13.0. The van der Waals surface area contributed by atoms with Crippen molar-refractivity contribution in [1.82, 2.24) is 14.9 Å². The van der Waals surface area contributed by atoms with Crippen molar-refractivity contribution >= 4 is 0 Å². The molecule has 1 aliphatic rings.